The summed E-state index contributed by atoms with van der Waals surface area (Å²) >= 11 is 0. The zero-order valence-corrected chi connectivity index (χ0v) is 54.2. The first kappa shape index (κ1) is 65.7. The third-order valence-corrected chi connectivity index (χ3v) is 16.1. The molecule has 11 heteroatoms. The Morgan fingerprint density at radius 2 is 0.854 bits per heavy atom. The van der Waals surface area contributed by atoms with Crippen LogP contribution < -0.4 is 11.1 Å². The molecule has 0 radical (unpaired) electrons. The molecule has 2 heterocycles. The van der Waals surface area contributed by atoms with Gasteiger partial charge in [0.05, 0.1) is 16.7 Å². The molecule has 2 aromatic heterocycles. The standard InChI is InChI=1S/C39H42N2O3.C29H29NO4.C10H15N/c1-25(2)30-16-12-28(13-17-30)23-40-37(42)32-20-21-36-35(22-32)26(3)27(4)41(36)24-29-14-18-31(19-15-29)33-10-8-9-11-34(33)38(43)44-39(5,6)7;1-18-19(2)30(26-15-14-22(27(31)32)16-25(18)26)17-20-10-12-21(13-11-20)23-8-6-7-9-24(23)28(33)34-29(3,4)5;1-8(2)10-5-3-9(7-11)4-6-10/h8-22,25H,23-24H2,1-7H3,(H,40,42);6-16H,17H2,1-5H3,(H,31,32);3-6,8H,7,11H2,1-2H3. The number of aryl methyl sites for hydroxylation is 2. The number of nitrogens with zero attached hydrogens (tertiary/aromatic N) is 2. The highest BCUT2D eigenvalue weighted by Crippen LogP contribution is 2.33. The number of nitrogens with one attached hydrogen (secondary N) is 1. The molecule has 0 atom stereocenters. The Labute approximate surface area is 525 Å². The molecule has 0 saturated heterocycles. The van der Waals surface area contributed by atoms with Crippen LogP contribution in [0.2, 0.25) is 0 Å². The molecule has 89 heavy (non-hydrogen) atoms. The van der Waals surface area contributed by atoms with Crippen molar-refractivity contribution in [3.63, 3.8) is 0 Å². The fourth-order valence-corrected chi connectivity index (χ4v) is 10.8. The molecule has 4 N–H and O–H groups in total. The quantitative estimate of drug-likeness (QED) is 0.0857. The number of aromatic carboxylic acids is 1. The summed E-state index contributed by atoms with van der Waals surface area (Å²) in [5.74, 6) is -0.562. The zero-order chi connectivity index (χ0) is 64.5. The minimum atomic E-state index is -0.922. The molecule has 0 aliphatic rings. The van der Waals surface area contributed by atoms with Crippen molar-refractivity contribution in [1.29, 1.82) is 0 Å². The second-order valence-electron chi connectivity index (χ2n) is 25.5. The van der Waals surface area contributed by atoms with E-state index in [9.17, 15) is 24.3 Å². The van der Waals surface area contributed by atoms with Gasteiger partial charge in [0.25, 0.3) is 5.91 Å². The van der Waals surface area contributed by atoms with Crippen molar-refractivity contribution < 1.29 is 33.8 Å². The van der Waals surface area contributed by atoms with Gasteiger partial charge in [0.1, 0.15) is 11.2 Å². The first-order chi connectivity index (χ1) is 42.2. The van der Waals surface area contributed by atoms with Gasteiger partial charge in [-0.3, -0.25) is 4.79 Å². The highest BCUT2D eigenvalue weighted by Gasteiger charge is 2.23. The van der Waals surface area contributed by atoms with Crippen LogP contribution in [0.15, 0.2) is 182 Å². The van der Waals surface area contributed by atoms with Crippen molar-refractivity contribution in [3.05, 3.63) is 260 Å². The lowest BCUT2D eigenvalue weighted by Crippen LogP contribution is -2.24. The average Bonchev–Trinajstić information content (AvgIpc) is 1.98. The molecule has 0 aliphatic carbocycles. The lowest BCUT2D eigenvalue weighted by atomic mass is 9.98. The van der Waals surface area contributed by atoms with Gasteiger partial charge in [-0.05, 0) is 196 Å². The largest absolute Gasteiger partial charge is 0.478 e. The van der Waals surface area contributed by atoms with Crippen molar-refractivity contribution in [2.45, 2.75) is 146 Å². The third-order valence-electron chi connectivity index (χ3n) is 16.1. The summed E-state index contributed by atoms with van der Waals surface area (Å²) in [6, 6.07) is 59.7. The summed E-state index contributed by atoms with van der Waals surface area (Å²) < 4.78 is 15.7. The minimum Gasteiger partial charge on any atom is -0.478 e. The summed E-state index contributed by atoms with van der Waals surface area (Å²) in [6.07, 6.45) is 0. The SMILES string of the molecule is CC(C)c1ccc(CN)cc1.Cc1c(C)n(Cc2ccc(-c3ccccc3C(=O)OC(C)(C)C)cc2)c2ccc(C(=O)NCc3ccc(C(C)C)cc3)cc12.Cc1c(C)n(Cc2ccc(-c3ccccc3C(=O)OC(C)(C)C)cc2)c2ccc(C(=O)O)cc12. The molecule has 0 unspecified atom stereocenters. The van der Waals surface area contributed by atoms with Crippen molar-refractivity contribution in [3.8, 4) is 22.3 Å². The van der Waals surface area contributed by atoms with Crippen LogP contribution in [-0.4, -0.2) is 49.3 Å². The van der Waals surface area contributed by atoms with E-state index in [0.717, 1.165) is 72.0 Å². The number of aromatic nitrogens is 2. The number of esters is 2. The third kappa shape index (κ3) is 16.5. The lowest BCUT2D eigenvalue weighted by molar-refractivity contribution is 0.00578. The number of nitrogens with two attached hydrogens (primary N) is 1. The maximum Gasteiger partial charge on any atom is 0.339 e. The highest BCUT2D eigenvalue weighted by molar-refractivity contribution is 6.00. The number of carbonyl (C=O) groups is 4. The molecule has 8 aromatic carbocycles. The van der Waals surface area contributed by atoms with Gasteiger partial charge in [-0.25, -0.2) is 14.4 Å². The molecule has 0 bridgehead atoms. The summed E-state index contributed by atoms with van der Waals surface area (Å²) in [5, 5.41) is 14.5. The topological polar surface area (TPSA) is 155 Å². The molecule has 10 rings (SSSR count). The number of ether oxygens (including phenoxy) is 2. The van der Waals surface area contributed by atoms with E-state index in [-0.39, 0.29) is 17.8 Å². The van der Waals surface area contributed by atoms with E-state index in [1.807, 2.05) is 127 Å². The van der Waals surface area contributed by atoms with Crippen LogP contribution in [0.4, 0.5) is 0 Å². The van der Waals surface area contributed by atoms with E-state index in [2.05, 4.69) is 148 Å². The molecular formula is C78H86N4O7. The Kier molecular flexibility index (Phi) is 20.8. The Bertz CT molecular complexity index is 4130. The van der Waals surface area contributed by atoms with Crippen LogP contribution in [0, 0.1) is 27.7 Å². The molecule has 0 saturated carbocycles. The van der Waals surface area contributed by atoms with E-state index >= 15 is 0 Å². The Hall–Kier alpha value is -9.32. The first-order valence-corrected chi connectivity index (χ1v) is 30.6. The molecular weight excluding hydrogens is 1100 g/mol. The van der Waals surface area contributed by atoms with Gasteiger partial charge < -0.3 is 34.8 Å². The van der Waals surface area contributed by atoms with E-state index in [1.54, 1.807) is 18.2 Å². The first-order valence-electron chi connectivity index (χ1n) is 30.6. The highest BCUT2D eigenvalue weighted by atomic mass is 16.6. The maximum absolute atomic E-state index is 13.1. The summed E-state index contributed by atoms with van der Waals surface area (Å²) in [4.78, 5) is 50.1. The van der Waals surface area contributed by atoms with Crippen molar-refractivity contribution in [2.24, 2.45) is 5.73 Å². The zero-order valence-electron chi connectivity index (χ0n) is 54.2. The lowest BCUT2D eigenvalue weighted by Gasteiger charge is -2.20. The van der Waals surface area contributed by atoms with Crippen LogP contribution >= 0.6 is 0 Å². The number of hydrogen-bond acceptors (Lipinski definition) is 7. The number of amides is 1. The van der Waals surface area contributed by atoms with Crippen molar-refractivity contribution in [1.82, 2.24) is 14.5 Å². The number of benzene rings is 8. The number of carboxylic acid groups (broad SMARTS) is 1. The van der Waals surface area contributed by atoms with Crippen LogP contribution in [0.25, 0.3) is 44.1 Å². The summed E-state index contributed by atoms with van der Waals surface area (Å²) in [6.45, 7) is 30.8. The monoisotopic (exact) mass is 1190 g/mol. The number of hydrogen-bond donors (Lipinski definition) is 3. The van der Waals surface area contributed by atoms with E-state index in [1.165, 1.54) is 27.9 Å². The van der Waals surface area contributed by atoms with Gasteiger partial charge in [-0.15, -0.1) is 0 Å². The van der Waals surface area contributed by atoms with Crippen LogP contribution in [0.1, 0.15) is 178 Å². The Balaban J connectivity index is 0.000000201. The Morgan fingerprint density at radius 3 is 1.24 bits per heavy atom. The fraction of sp³-hybridized carbons (Fsp3) is 0.282. The van der Waals surface area contributed by atoms with Gasteiger partial charge in [0.15, 0.2) is 0 Å². The molecule has 0 fully saturated rings. The van der Waals surface area contributed by atoms with Gasteiger partial charge in [-0.1, -0.05) is 161 Å². The summed E-state index contributed by atoms with van der Waals surface area (Å²) in [5.41, 5.74) is 23.9. The second-order valence-corrected chi connectivity index (χ2v) is 25.5. The van der Waals surface area contributed by atoms with Crippen molar-refractivity contribution in [2.75, 3.05) is 0 Å². The number of carbonyl (C=O) groups excluding carboxylic acids is 3. The smallest absolute Gasteiger partial charge is 0.339 e. The molecule has 11 nitrogen and oxygen atoms in total. The fourth-order valence-electron chi connectivity index (χ4n) is 10.8. The average molecular weight is 1190 g/mol. The van der Waals surface area contributed by atoms with E-state index in [4.69, 9.17) is 15.2 Å². The van der Waals surface area contributed by atoms with Gasteiger partial charge >= 0.3 is 17.9 Å². The molecule has 460 valence electrons. The second kappa shape index (κ2) is 28.2. The molecule has 0 aliphatic heterocycles. The van der Waals surface area contributed by atoms with Gasteiger partial charge in [-0.2, -0.15) is 0 Å². The van der Waals surface area contributed by atoms with E-state index < -0.39 is 17.2 Å². The maximum atomic E-state index is 13.1. The van der Waals surface area contributed by atoms with Crippen LogP contribution in [0.5, 0.6) is 0 Å². The Morgan fingerprint density at radius 1 is 0.483 bits per heavy atom. The summed E-state index contributed by atoms with van der Waals surface area (Å²) in [7, 11) is 0. The van der Waals surface area contributed by atoms with Gasteiger partial charge in [0.2, 0.25) is 0 Å². The minimum absolute atomic E-state index is 0.0770. The van der Waals surface area contributed by atoms with E-state index in [0.29, 0.717) is 60.3 Å². The molecule has 10 aromatic rings. The number of carboxylic acids is 1. The van der Waals surface area contributed by atoms with Gasteiger partial charge in [0, 0.05) is 64.9 Å². The predicted octanol–water partition coefficient (Wildman–Crippen LogP) is 17.9. The van der Waals surface area contributed by atoms with Crippen molar-refractivity contribution >= 4 is 45.6 Å². The molecule has 1 amide bonds. The van der Waals surface area contributed by atoms with Crippen LogP contribution in [-0.2, 0) is 35.7 Å². The molecule has 0 spiro atoms. The predicted molar refractivity (Wildman–Crippen MR) is 362 cm³/mol. The number of fused-ring (bicyclic) bond motifs is 2. The van der Waals surface area contributed by atoms with Crippen LogP contribution in [0.3, 0.4) is 0 Å². The number of rotatable bonds is 15. The normalized spacial score (nSPS) is 11.5.